The number of ether oxygens (including phenoxy) is 1. The Morgan fingerprint density at radius 3 is 2.62 bits per heavy atom. The molecule has 2 heterocycles. The van der Waals surface area contributed by atoms with Crippen molar-refractivity contribution in [1.29, 1.82) is 0 Å². The molecule has 0 unspecified atom stereocenters. The molecular formula is C21H21ClN2O2. The van der Waals surface area contributed by atoms with Gasteiger partial charge in [-0.1, -0.05) is 41.4 Å². The van der Waals surface area contributed by atoms with Crippen LogP contribution >= 0.6 is 11.6 Å². The zero-order valence-electron chi connectivity index (χ0n) is 14.7. The third-order valence-electron chi connectivity index (χ3n) is 4.94. The minimum Gasteiger partial charge on any atom is -0.505 e. The van der Waals surface area contributed by atoms with Crippen molar-refractivity contribution in [3.63, 3.8) is 0 Å². The van der Waals surface area contributed by atoms with Crippen LogP contribution in [0.1, 0.15) is 22.7 Å². The average molecular weight is 369 g/mol. The molecule has 0 aliphatic carbocycles. The number of fused-ring (bicyclic) bond motifs is 1. The molecule has 5 heteroatoms. The van der Waals surface area contributed by atoms with E-state index in [9.17, 15) is 5.11 Å². The van der Waals surface area contributed by atoms with Gasteiger partial charge in [-0.05, 0) is 30.7 Å². The van der Waals surface area contributed by atoms with E-state index in [1.807, 2.05) is 18.2 Å². The normalized spacial score (nSPS) is 16.7. The molecule has 1 atom stereocenters. The molecule has 0 bridgehead atoms. The van der Waals surface area contributed by atoms with Gasteiger partial charge in [0.05, 0.1) is 24.3 Å². The maximum Gasteiger partial charge on any atom is 0.147 e. The van der Waals surface area contributed by atoms with Crippen LogP contribution in [0.5, 0.6) is 5.75 Å². The van der Waals surface area contributed by atoms with Gasteiger partial charge >= 0.3 is 0 Å². The first kappa shape index (κ1) is 17.3. The lowest BCUT2D eigenvalue weighted by Gasteiger charge is -2.35. The monoisotopic (exact) mass is 368 g/mol. The van der Waals surface area contributed by atoms with Gasteiger partial charge in [0.1, 0.15) is 11.3 Å². The Bertz CT molecular complexity index is 921. The summed E-state index contributed by atoms with van der Waals surface area (Å²) in [5.41, 5.74) is 3.66. The molecular weight excluding hydrogens is 348 g/mol. The standard InChI is InChI=1S/C21H21ClN2O2/c1-14-4-6-15(7-5-14)20(24-9-11-26-12-10-24)17-13-18(22)16-3-2-8-23-19(16)21(17)25/h2-8,13,20,25H,9-12H2,1H3/t20-/m1/s1. The van der Waals surface area contributed by atoms with Gasteiger partial charge in [-0.3, -0.25) is 9.88 Å². The number of benzene rings is 2. The van der Waals surface area contributed by atoms with Gasteiger partial charge in [-0.25, -0.2) is 0 Å². The maximum absolute atomic E-state index is 11.0. The Balaban J connectivity index is 1.89. The molecule has 0 saturated carbocycles. The van der Waals surface area contributed by atoms with Crippen LogP contribution in [0.2, 0.25) is 5.02 Å². The van der Waals surface area contributed by atoms with E-state index in [1.54, 1.807) is 6.20 Å². The number of nitrogens with zero attached hydrogens (tertiary/aromatic N) is 2. The molecule has 4 rings (SSSR count). The van der Waals surface area contributed by atoms with E-state index in [2.05, 4.69) is 41.1 Å². The number of phenolic OH excluding ortho intramolecular Hbond substituents is 1. The highest BCUT2D eigenvalue weighted by molar-refractivity contribution is 6.35. The van der Waals surface area contributed by atoms with Crippen molar-refractivity contribution < 1.29 is 9.84 Å². The number of pyridine rings is 1. The smallest absolute Gasteiger partial charge is 0.147 e. The SMILES string of the molecule is Cc1ccc([C@H](c2cc(Cl)c3cccnc3c2O)N2CCOCC2)cc1. The lowest BCUT2D eigenvalue weighted by molar-refractivity contribution is 0.0236. The maximum atomic E-state index is 11.0. The Kier molecular flexibility index (Phi) is 4.81. The number of aromatic hydroxyl groups is 1. The molecule has 1 saturated heterocycles. The lowest BCUT2D eigenvalue weighted by atomic mass is 9.94. The Morgan fingerprint density at radius 2 is 1.88 bits per heavy atom. The number of aromatic nitrogens is 1. The van der Waals surface area contributed by atoms with Crippen LogP contribution in [0.3, 0.4) is 0 Å². The molecule has 134 valence electrons. The molecule has 2 aromatic carbocycles. The van der Waals surface area contributed by atoms with Crippen LogP contribution in [0.4, 0.5) is 0 Å². The zero-order chi connectivity index (χ0) is 18.1. The van der Waals surface area contributed by atoms with Crippen LogP contribution in [0.15, 0.2) is 48.7 Å². The highest BCUT2D eigenvalue weighted by Gasteiger charge is 2.28. The van der Waals surface area contributed by atoms with Crippen LogP contribution < -0.4 is 0 Å². The van der Waals surface area contributed by atoms with Gasteiger partial charge in [-0.15, -0.1) is 0 Å². The predicted molar refractivity (Wildman–Crippen MR) is 104 cm³/mol. The Morgan fingerprint density at radius 1 is 1.15 bits per heavy atom. The lowest BCUT2D eigenvalue weighted by Crippen LogP contribution is -2.39. The first-order valence-corrected chi connectivity index (χ1v) is 9.17. The summed E-state index contributed by atoms with van der Waals surface area (Å²) in [5.74, 6) is 0.196. The number of phenols is 1. The van der Waals surface area contributed by atoms with Crippen molar-refractivity contribution in [2.45, 2.75) is 13.0 Å². The first-order chi connectivity index (χ1) is 12.6. The van der Waals surface area contributed by atoms with Gasteiger partial charge in [0.2, 0.25) is 0 Å². The van der Waals surface area contributed by atoms with E-state index in [-0.39, 0.29) is 11.8 Å². The van der Waals surface area contributed by atoms with Crippen molar-refractivity contribution in [3.05, 3.63) is 70.4 Å². The second kappa shape index (κ2) is 7.23. The summed E-state index contributed by atoms with van der Waals surface area (Å²) in [6.45, 7) is 5.04. The first-order valence-electron chi connectivity index (χ1n) is 8.79. The molecule has 1 aliphatic heterocycles. The minimum atomic E-state index is -0.0941. The highest BCUT2D eigenvalue weighted by Crippen LogP contribution is 2.41. The largest absolute Gasteiger partial charge is 0.505 e. The summed E-state index contributed by atoms with van der Waals surface area (Å²) in [6, 6.07) is 13.9. The third kappa shape index (κ3) is 3.16. The number of rotatable bonds is 3. The Hall–Kier alpha value is -2.14. The summed E-state index contributed by atoms with van der Waals surface area (Å²) >= 11 is 6.54. The topological polar surface area (TPSA) is 45.6 Å². The van der Waals surface area contributed by atoms with Gasteiger partial charge < -0.3 is 9.84 Å². The van der Waals surface area contributed by atoms with Crippen LogP contribution in [0, 0.1) is 6.92 Å². The number of aryl methyl sites for hydroxylation is 1. The number of hydrogen-bond donors (Lipinski definition) is 1. The molecule has 0 amide bonds. The molecule has 0 radical (unpaired) electrons. The number of morpholine rings is 1. The van der Waals surface area contributed by atoms with E-state index in [4.69, 9.17) is 16.3 Å². The highest BCUT2D eigenvalue weighted by atomic mass is 35.5. The molecule has 1 fully saturated rings. The van der Waals surface area contributed by atoms with Gasteiger partial charge in [-0.2, -0.15) is 0 Å². The van der Waals surface area contributed by atoms with E-state index < -0.39 is 0 Å². The average Bonchev–Trinajstić information content (AvgIpc) is 2.68. The molecule has 26 heavy (non-hydrogen) atoms. The zero-order valence-corrected chi connectivity index (χ0v) is 15.4. The van der Waals surface area contributed by atoms with Gasteiger partial charge in [0.15, 0.2) is 0 Å². The van der Waals surface area contributed by atoms with E-state index in [1.165, 1.54) is 5.56 Å². The second-order valence-corrected chi connectivity index (χ2v) is 7.06. The predicted octanol–water partition coefficient (Wildman–Crippen LogP) is 4.32. The summed E-state index contributed by atoms with van der Waals surface area (Å²) < 4.78 is 5.52. The summed E-state index contributed by atoms with van der Waals surface area (Å²) in [6.07, 6.45) is 1.68. The van der Waals surface area contributed by atoms with Crippen molar-refractivity contribution >= 4 is 22.5 Å². The molecule has 1 N–H and O–H groups in total. The fourth-order valence-electron chi connectivity index (χ4n) is 3.59. The van der Waals surface area contributed by atoms with Crippen LogP contribution in [-0.4, -0.2) is 41.3 Å². The second-order valence-electron chi connectivity index (χ2n) is 6.66. The fraction of sp³-hybridized carbons (Fsp3) is 0.286. The molecule has 4 nitrogen and oxygen atoms in total. The molecule has 0 spiro atoms. The van der Waals surface area contributed by atoms with Gasteiger partial charge in [0.25, 0.3) is 0 Å². The minimum absolute atomic E-state index is 0.0941. The Labute approximate surface area is 158 Å². The van der Waals surface area contributed by atoms with E-state index in [0.717, 1.165) is 29.6 Å². The quantitative estimate of drug-likeness (QED) is 0.747. The van der Waals surface area contributed by atoms with Crippen LogP contribution in [-0.2, 0) is 4.74 Å². The van der Waals surface area contributed by atoms with Crippen molar-refractivity contribution in [2.24, 2.45) is 0 Å². The van der Waals surface area contributed by atoms with Crippen LogP contribution in [0.25, 0.3) is 10.9 Å². The third-order valence-corrected chi connectivity index (χ3v) is 5.26. The summed E-state index contributed by atoms with van der Waals surface area (Å²) in [4.78, 5) is 6.69. The fourth-order valence-corrected chi connectivity index (χ4v) is 3.86. The summed E-state index contributed by atoms with van der Waals surface area (Å²) in [5, 5.41) is 12.4. The van der Waals surface area contributed by atoms with Gasteiger partial charge in [0, 0.05) is 30.2 Å². The van der Waals surface area contributed by atoms with Crippen molar-refractivity contribution in [1.82, 2.24) is 9.88 Å². The molecule has 3 aromatic rings. The molecule has 1 aromatic heterocycles. The number of hydrogen-bond acceptors (Lipinski definition) is 4. The molecule has 1 aliphatic rings. The van der Waals surface area contributed by atoms with E-state index >= 15 is 0 Å². The number of halogens is 1. The van der Waals surface area contributed by atoms with E-state index in [0.29, 0.717) is 23.8 Å². The summed E-state index contributed by atoms with van der Waals surface area (Å²) in [7, 11) is 0. The van der Waals surface area contributed by atoms with Crippen molar-refractivity contribution in [2.75, 3.05) is 26.3 Å². The van der Waals surface area contributed by atoms with Crippen molar-refractivity contribution in [3.8, 4) is 5.75 Å².